The Morgan fingerprint density at radius 2 is 2.03 bits per heavy atom. The summed E-state index contributed by atoms with van der Waals surface area (Å²) < 4.78 is 48.2. The number of carbonyl (C=O) groups is 1. The summed E-state index contributed by atoms with van der Waals surface area (Å²) in [6, 6.07) is 6.43. The van der Waals surface area contributed by atoms with E-state index in [-0.39, 0.29) is 29.7 Å². The van der Waals surface area contributed by atoms with Crippen molar-refractivity contribution in [2.75, 3.05) is 6.73 Å². The van der Waals surface area contributed by atoms with Crippen LogP contribution in [0.3, 0.4) is 0 Å². The summed E-state index contributed by atoms with van der Waals surface area (Å²) in [5.74, 6) is -0.623. The number of nitrogens with one attached hydrogen (secondary N) is 1. The molecule has 2 heterocycles. The van der Waals surface area contributed by atoms with E-state index in [1.807, 2.05) is 6.92 Å². The van der Waals surface area contributed by atoms with Crippen LogP contribution in [0.2, 0.25) is 5.02 Å². The van der Waals surface area contributed by atoms with Crippen molar-refractivity contribution in [2.45, 2.75) is 35.1 Å². The molecule has 162 valence electrons. The predicted molar refractivity (Wildman–Crippen MR) is 114 cm³/mol. The van der Waals surface area contributed by atoms with Crippen molar-refractivity contribution in [1.29, 1.82) is 0 Å². The van der Waals surface area contributed by atoms with Gasteiger partial charge in [0.2, 0.25) is 0 Å². The average molecular weight is 573 g/mol. The molecule has 0 bridgehead atoms. The molecule has 2 aliphatic heterocycles. The minimum absolute atomic E-state index is 0.0364. The van der Waals surface area contributed by atoms with Crippen molar-refractivity contribution in [1.82, 2.24) is 9.73 Å². The van der Waals surface area contributed by atoms with Crippen molar-refractivity contribution in [3.8, 4) is 5.75 Å². The van der Waals surface area contributed by atoms with E-state index in [9.17, 15) is 17.6 Å². The molecule has 0 aliphatic carbocycles. The van der Waals surface area contributed by atoms with Gasteiger partial charge in [-0.15, -0.1) is 0 Å². The van der Waals surface area contributed by atoms with E-state index in [1.54, 1.807) is 13.0 Å². The number of aryl methyl sites for hydroxylation is 1. The number of hydrogen-bond acceptors (Lipinski definition) is 5. The molecule has 1 N–H and O–H groups in total. The predicted octanol–water partition coefficient (Wildman–Crippen LogP) is 2.59. The summed E-state index contributed by atoms with van der Waals surface area (Å²) in [6.07, 6.45) is -0.0744. The van der Waals surface area contributed by atoms with Crippen molar-refractivity contribution >= 4 is 56.3 Å². The van der Waals surface area contributed by atoms with E-state index in [0.29, 0.717) is 16.3 Å². The van der Waals surface area contributed by atoms with Crippen molar-refractivity contribution in [3.05, 3.63) is 57.9 Å². The monoisotopic (exact) mass is 571 g/mol. The first-order chi connectivity index (χ1) is 14.6. The van der Waals surface area contributed by atoms with Gasteiger partial charge < -0.3 is 0 Å². The molecule has 11 heteroatoms. The number of nitrogens with zero attached hydrogens (tertiary/aromatic N) is 2. The number of amides is 1. The quantitative estimate of drug-likeness (QED) is 0.571. The average Bonchev–Trinajstić information content (AvgIpc) is 3.12. The van der Waals surface area contributed by atoms with Gasteiger partial charge in [0.15, 0.2) is 0 Å². The summed E-state index contributed by atoms with van der Waals surface area (Å²) in [5.41, 5.74) is 4.71. The Balaban J connectivity index is 1.85. The Bertz CT molecular complexity index is 1220. The first kappa shape index (κ1) is 22.5. The van der Waals surface area contributed by atoms with Crippen LogP contribution in [0.5, 0.6) is 5.75 Å². The van der Waals surface area contributed by atoms with Crippen LogP contribution in [0.1, 0.15) is 27.0 Å². The summed E-state index contributed by atoms with van der Waals surface area (Å²) >= 11 is 7.23. The zero-order valence-electron chi connectivity index (χ0n) is 16.6. The molecule has 4 rings (SSSR count). The van der Waals surface area contributed by atoms with Crippen molar-refractivity contribution < 1.29 is 22.3 Å². The van der Waals surface area contributed by atoms with Crippen LogP contribution in [0.4, 0.5) is 4.39 Å². The molecule has 0 spiro atoms. The van der Waals surface area contributed by atoms with Crippen LogP contribution in [-0.2, 0) is 14.8 Å². The third-order valence-corrected chi connectivity index (χ3v) is 9.11. The van der Waals surface area contributed by atoms with Crippen LogP contribution in [0.25, 0.3) is 0 Å². The molecule has 1 unspecified atom stereocenters. The van der Waals surface area contributed by atoms with E-state index < -0.39 is 25.7 Å². The number of sulfonamides is 1. The molecule has 0 saturated heterocycles. The zero-order valence-corrected chi connectivity index (χ0v) is 20.7. The van der Waals surface area contributed by atoms with E-state index in [0.717, 1.165) is 15.4 Å². The molecule has 1 amide bonds. The molecule has 31 heavy (non-hydrogen) atoms. The first-order valence-corrected chi connectivity index (χ1v) is 12.6. The van der Waals surface area contributed by atoms with E-state index in [2.05, 4.69) is 10.5 Å². The first-order valence-electron chi connectivity index (χ1n) is 9.34. The van der Waals surface area contributed by atoms with Gasteiger partial charge in [-0.2, -0.15) is 0 Å². The fourth-order valence-corrected chi connectivity index (χ4v) is 7.63. The van der Waals surface area contributed by atoms with Gasteiger partial charge in [-0.05, 0) is 0 Å². The molecule has 2 aromatic carbocycles. The summed E-state index contributed by atoms with van der Waals surface area (Å²) in [5, 5.41) is 4.43. The fourth-order valence-electron chi connectivity index (χ4n) is 3.75. The van der Waals surface area contributed by atoms with Crippen LogP contribution in [-0.4, -0.2) is 60.1 Å². The second-order valence-electron chi connectivity index (χ2n) is 7.36. The zero-order chi connectivity index (χ0) is 22.5. The molecular weight excluding hydrogens is 555 g/mol. The van der Waals surface area contributed by atoms with Gasteiger partial charge in [-0.1, -0.05) is 0 Å². The molecule has 0 fully saturated rings. The Kier molecular flexibility index (Phi) is 6.07. The standard InChI is InChI=1S/C20H18ClFN3O4S.Sb/c1-11-3-5-15(22)14(12(11)2)8-17(16-9-20(26)24-23-16)25-10-29-18-7-13(21)4-6-19(18)30(25,27)28;/h3-8,17H,9-10H2,1-2H3,(H,24,26);/t17-;/m0./s1. The summed E-state index contributed by atoms with van der Waals surface area (Å²) in [6.45, 7) is 3.36. The number of rotatable bonds is 4. The Labute approximate surface area is 198 Å². The van der Waals surface area contributed by atoms with Gasteiger partial charge in [-0.3, -0.25) is 0 Å². The number of benzene rings is 2. The normalized spacial score (nSPS) is 19.8. The number of ether oxygens (including phenoxy) is 1. The van der Waals surface area contributed by atoms with Gasteiger partial charge in [-0.25, -0.2) is 0 Å². The number of hydrazone groups is 1. The van der Waals surface area contributed by atoms with Gasteiger partial charge in [0, 0.05) is 0 Å². The van der Waals surface area contributed by atoms with Crippen LogP contribution >= 0.6 is 11.6 Å². The fraction of sp³-hybridized carbons (Fsp3) is 0.300. The molecular formula is C20H18ClFN3O4SSb. The SMILES string of the molecule is Cc1ccc(F)c([CH]([Sb])[C@@H](C2=NNC(=O)C2)N2COc3cc(Cl)ccc3S2(=O)=O)c1C. The third kappa shape index (κ3) is 3.97. The topological polar surface area (TPSA) is 88.1 Å². The maximum atomic E-state index is 14.9. The minimum atomic E-state index is -4.03. The number of carbonyl (C=O) groups excluding carboxylic acids is 1. The van der Waals surface area contributed by atoms with Crippen LogP contribution in [0.15, 0.2) is 40.3 Å². The summed E-state index contributed by atoms with van der Waals surface area (Å²) in [7, 11) is -4.03. The Morgan fingerprint density at radius 3 is 2.71 bits per heavy atom. The van der Waals surface area contributed by atoms with E-state index in [4.69, 9.17) is 16.3 Å². The molecule has 0 aromatic heterocycles. The number of fused-ring (bicyclic) bond motifs is 1. The van der Waals surface area contributed by atoms with Crippen molar-refractivity contribution in [2.24, 2.45) is 5.10 Å². The second kappa shape index (κ2) is 8.35. The number of halogens is 2. The van der Waals surface area contributed by atoms with Crippen LogP contribution in [0, 0.1) is 19.7 Å². The van der Waals surface area contributed by atoms with Gasteiger partial charge >= 0.3 is 199 Å². The maximum absolute atomic E-state index is 14.9. The van der Waals surface area contributed by atoms with Gasteiger partial charge in [0.05, 0.1) is 0 Å². The van der Waals surface area contributed by atoms with E-state index >= 15 is 0 Å². The molecule has 2 atom stereocenters. The molecule has 2 aliphatic rings. The Hall–Kier alpha value is -1.67. The van der Waals surface area contributed by atoms with Gasteiger partial charge in [0.25, 0.3) is 0 Å². The van der Waals surface area contributed by atoms with E-state index in [1.165, 1.54) is 47.3 Å². The van der Waals surface area contributed by atoms with Crippen LogP contribution < -0.4 is 10.2 Å². The second-order valence-corrected chi connectivity index (χ2v) is 11.2. The van der Waals surface area contributed by atoms with Crippen molar-refractivity contribution in [3.63, 3.8) is 0 Å². The third-order valence-electron chi connectivity index (χ3n) is 5.48. The summed E-state index contributed by atoms with van der Waals surface area (Å²) in [4.78, 5) is 11.8. The number of hydrogen-bond donors (Lipinski definition) is 1. The van der Waals surface area contributed by atoms with Gasteiger partial charge in [0.1, 0.15) is 0 Å². The molecule has 2 aromatic rings. The molecule has 7 nitrogen and oxygen atoms in total. The Morgan fingerprint density at radius 1 is 1.29 bits per heavy atom. The molecule has 2 radical (unpaired) electrons. The molecule has 0 saturated carbocycles.